The maximum absolute atomic E-state index is 11.9. The summed E-state index contributed by atoms with van der Waals surface area (Å²) in [6.45, 7) is 3.11. The summed E-state index contributed by atoms with van der Waals surface area (Å²) in [6, 6.07) is 0. The van der Waals surface area contributed by atoms with Crippen molar-refractivity contribution in [2.45, 2.75) is 18.4 Å². The Morgan fingerprint density at radius 3 is 3.00 bits per heavy atom. The third kappa shape index (κ3) is 3.07. The van der Waals surface area contributed by atoms with E-state index in [9.17, 15) is 4.79 Å². The monoisotopic (exact) mass is 311 g/mol. The second kappa shape index (κ2) is 6.67. The Hall–Kier alpha value is -1.67. The molecule has 0 aliphatic rings. The molecule has 0 saturated heterocycles. The Balaban J connectivity index is 2.19. The number of thioether (sulfide) groups is 1. The molecule has 0 spiro atoms. The van der Waals surface area contributed by atoms with Crippen LogP contribution in [0.2, 0.25) is 0 Å². The number of carbonyl (C=O) groups excluding carboxylic acids is 1. The maximum atomic E-state index is 11.9. The van der Waals surface area contributed by atoms with Crippen molar-refractivity contribution in [1.82, 2.24) is 15.5 Å². The van der Waals surface area contributed by atoms with Gasteiger partial charge in [-0.1, -0.05) is 0 Å². The van der Waals surface area contributed by atoms with E-state index in [-0.39, 0.29) is 5.91 Å². The summed E-state index contributed by atoms with van der Waals surface area (Å²) in [4.78, 5) is 13.4. The number of aromatic nitrogens is 2. The van der Waals surface area contributed by atoms with Gasteiger partial charge in [-0.3, -0.25) is 9.89 Å². The van der Waals surface area contributed by atoms with Gasteiger partial charge in [0, 0.05) is 24.8 Å². The number of nitrogens with one attached hydrogen (secondary N) is 3. The highest BCUT2D eigenvalue weighted by Gasteiger charge is 2.20. The number of nitrogen functional groups attached to an aromatic ring is 1. The Labute approximate surface area is 125 Å². The van der Waals surface area contributed by atoms with Crippen molar-refractivity contribution in [2.24, 2.45) is 0 Å². The number of H-pyrrole nitrogens is 1. The number of hydrogen-bond acceptors (Lipinski definition) is 6. The van der Waals surface area contributed by atoms with E-state index in [1.54, 1.807) is 6.20 Å². The molecule has 5 N–H and O–H groups in total. The number of hydrogen-bond donors (Lipinski definition) is 4. The molecule has 6 nitrogen and oxygen atoms in total. The number of aromatic amines is 1. The molecule has 108 valence electrons. The normalized spacial score (nSPS) is 10.5. The van der Waals surface area contributed by atoms with Crippen molar-refractivity contribution in [3.63, 3.8) is 0 Å². The first-order valence-corrected chi connectivity index (χ1v) is 8.17. The van der Waals surface area contributed by atoms with Gasteiger partial charge in [-0.25, -0.2) is 0 Å². The highest BCUT2D eigenvalue weighted by molar-refractivity contribution is 7.99. The van der Waals surface area contributed by atoms with E-state index < -0.39 is 0 Å². The molecule has 0 atom stereocenters. The second-order valence-electron chi connectivity index (χ2n) is 4.03. The first-order valence-electron chi connectivity index (χ1n) is 6.13. The first kappa shape index (κ1) is 14.7. The maximum Gasteiger partial charge on any atom is 0.263 e. The third-order valence-electron chi connectivity index (χ3n) is 2.66. The molecule has 0 radical (unpaired) electrons. The number of amides is 1. The fraction of sp³-hybridized carbons (Fsp3) is 0.333. The molecule has 8 heteroatoms. The standard InChI is InChI=1S/C12H17N5OS2/c1-3-14-11(18)9-8(13)10(19-2)12(20-9)15-4-7-5-16-17-6-7/h5-6,15H,3-4,13H2,1-2H3,(H,14,18)(H,16,17). The quantitative estimate of drug-likeness (QED) is 0.613. The molecule has 0 fully saturated rings. The van der Waals surface area contributed by atoms with Crippen LogP contribution in [-0.2, 0) is 6.54 Å². The van der Waals surface area contributed by atoms with Crippen LogP contribution in [0.3, 0.4) is 0 Å². The molecular formula is C12H17N5OS2. The van der Waals surface area contributed by atoms with Gasteiger partial charge in [0.15, 0.2) is 0 Å². The van der Waals surface area contributed by atoms with Gasteiger partial charge in [-0.2, -0.15) is 5.10 Å². The summed E-state index contributed by atoms with van der Waals surface area (Å²) in [7, 11) is 0. The van der Waals surface area contributed by atoms with E-state index in [1.807, 2.05) is 19.4 Å². The molecule has 1 amide bonds. The van der Waals surface area contributed by atoms with Crippen LogP contribution in [0.5, 0.6) is 0 Å². The van der Waals surface area contributed by atoms with E-state index in [0.29, 0.717) is 23.7 Å². The van der Waals surface area contributed by atoms with E-state index in [1.165, 1.54) is 23.1 Å². The molecule has 20 heavy (non-hydrogen) atoms. The lowest BCUT2D eigenvalue weighted by molar-refractivity contribution is 0.0960. The molecule has 0 aromatic carbocycles. The Morgan fingerprint density at radius 1 is 1.60 bits per heavy atom. The SMILES string of the molecule is CCNC(=O)c1sc(NCc2cn[nH]c2)c(SC)c1N. The largest absolute Gasteiger partial charge is 0.396 e. The highest BCUT2D eigenvalue weighted by Crippen LogP contribution is 2.41. The molecule has 2 heterocycles. The predicted molar refractivity (Wildman–Crippen MR) is 84.4 cm³/mol. The van der Waals surface area contributed by atoms with Gasteiger partial charge in [-0.15, -0.1) is 23.1 Å². The van der Waals surface area contributed by atoms with Gasteiger partial charge in [0.05, 0.1) is 16.8 Å². The summed E-state index contributed by atoms with van der Waals surface area (Å²) in [6.07, 6.45) is 5.53. The fourth-order valence-electron chi connectivity index (χ4n) is 1.71. The Morgan fingerprint density at radius 2 is 2.40 bits per heavy atom. The minimum absolute atomic E-state index is 0.123. The average Bonchev–Trinajstić information content (AvgIpc) is 3.04. The van der Waals surface area contributed by atoms with E-state index >= 15 is 0 Å². The van der Waals surface area contributed by atoms with Gasteiger partial charge in [0.1, 0.15) is 9.88 Å². The summed E-state index contributed by atoms with van der Waals surface area (Å²) in [5.74, 6) is -0.123. The lowest BCUT2D eigenvalue weighted by atomic mass is 10.3. The average molecular weight is 311 g/mol. The van der Waals surface area contributed by atoms with Crippen molar-refractivity contribution < 1.29 is 4.79 Å². The van der Waals surface area contributed by atoms with Gasteiger partial charge in [0.25, 0.3) is 5.91 Å². The molecule has 2 rings (SSSR count). The van der Waals surface area contributed by atoms with Gasteiger partial charge in [-0.05, 0) is 13.2 Å². The molecule has 2 aromatic rings. The number of rotatable bonds is 6. The highest BCUT2D eigenvalue weighted by atomic mass is 32.2. The summed E-state index contributed by atoms with van der Waals surface area (Å²) < 4.78 is 0. The minimum Gasteiger partial charge on any atom is -0.396 e. The third-order valence-corrected chi connectivity index (χ3v) is 4.78. The van der Waals surface area contributed by atoms with Gasteiger partial charge >= 0.3 is 0 Å². The zero-order valence-corrected chi connectivity index (χ0v) is 13.0. The molecule has 0 bridgehead atoms. The number of carbonyl (C=O) groups is 1. The van der Waals surface area contributed by atoms with Crippen molar-refractivity contribution >= 4 is 39.7 Å². The van der Waals surface area contributed by atoms with Crippen LogP contribution in [0, 0.1) is 0 Å². The van der Waals surface area contributed by atoms with Crippen LogP contribution in [0.1, 0.15) is 22.2 Å². The number of thiophene rings is 1. The van der Waals surface area contributed by atoms with E-state index in [0.717, 1.165) is 15.5 Å². The smallest absolute Gasteiger partial charge is 0.263 e. The molecule has 0 unspecified atom stereocenters. The van der Waals surface area contributed by atoms with Gasteiger partial charge < -0.3 is 16.4 Å². The van der Waals surface area contributed by atoms with Crippen molar-refractivity contribution in [1.29, 1.82) is 0 Å². The van der Waals surface area contributed by atoms with Crippen molar-refractivity contribution in [3.8, 4) is 0 Å². The van der Waals surface area contributed by atoms with Gasteiger partial charge in [0.2, 0.25) is 0 Å². The van der Waals surface area contributed by atoms with Crippen LogP contribution < -0.4 is 16.4 Å². The van der Waals surface area contributed by atoms with Crippen LogP contribution in [0.15, 0.2) is 17.3 Å². The Bertz CT molecular complexity index is 579. The molecule has 2 aromatic heterocycles. The first-order chi connectivity index (χ1) is 9.67. The van der Waals surface area contributed by atoms with E-state index in [2.05, 4.69) is 20.8 Å². The lowest BCUT2D eigenvalue weighted by Gasteiger charge is -2.04. The number of nitrogens with zero attached hydrogens (tertiary/aromatic N) is 1. The molecule has 0 aliphatic carbocycles. The predicted octanol–water partition coefficient (Wildman–Crippen LogP) is 2.14. The van der Waals surface area contributed by atoms with Crippen LogP contribution in [-0.4, -0.2) is 28.9 Å². The Kier molecular flexibility index (Phi) is 4.91. The molecule has 0 aliphatic heterocycles. The molecular weight excluding hydrogens is 294 g/mol. The summed E-state index contributed by atoms with van der Waals surface area (Å²) in [5, 5.41) is 13.7. The van der Waals surface area contributed by atoms with Crippen LogP contribution >= 0.6 is 23.1 Å². The van der Waals surface area contributed by atoms with E-state index in [4.69, 9.17) is 5.73 Å². The second-order valence-corrected chi connectivity index (χ2v) is 5.86. The zero-order valence-electron chi connectivity index (χ0n) is 11.3. The fourth-order valence-corrected chi connectivity index (χ4v) is 3.66. The minimum atomic E-state index is -0.123. The van der Waals surface area contributed by atoms with Crippen LogP contribution in [0.4, 0.5) is 10.7 Å². The van der Waals surface area contributed by atoms with Crippen LogP contribution in [0.25, 0.3) is 0 Å². The number of nitrogens with two attached hydrogens (primary N) is 1. The summed E-state index contributed by atoms with van der Waals surface area (Å²) in [5.41, 5.74) is 7.65. The van der Waals surface area contributed by atoms with Crippen molar-refractivity contribution in [2.75, 3.05) is 23.9 Å². The lowest BCUT2D eigenvalue weighted by Crippen LogP contribution is -2.22. The topological polar surface area (TPSA) is 95.8 Å². The number of anilines is 2. The van der Waals surface area contributed by atoms with Crippen molar-refractivity contribution in [3.05, 3.63) is 22.8 Å². The zero-order chi connectivity index (χ0) is 14.5. The molecule has 0 saturated carbocycles. The summed E-state index contributed by atoms with van der Waals surface area (Å²) >= 11 is 2.92.